The molecule has 0 spiro atoms. The molecule has 1 aliphatic rings. The summed E-state index contributed by atoms with van der Waals surface area (Å²) in [7, 11) is 0. The average molecular weight is 352 g/mol. The first kappa shape index (κ1) is 17.7. The summed E-state index contributed by atoms with van der Waals surface area (Å²) in [6.07, 6.45) is 0.975. The molecule has 3 rings (SSSR count). The van der Waals surface area contributed by atoms with Crippen molar-refractivity contribution in [3.63, 3.8) is 0 Å². The van der Waals surface area contributed by atoms with Gasteiger partial charge >= 0.3 is 5.97 Å². The fourth-order valence-electron chi connectivity index (χ4n) is 2.83. The maximum Gasteiger partial charge on any atom is 0.338 e. The van der Waals surface area contributed by atoms with Crippen LogP contribution in [0.4, 0.5) is 5.69 Å². The van der Waals surface area contributed by atoms with Gasteiger partial charge in [-0.3, -0.25) is 9.59 Å². The zero-order valence-electron chi connectivity index (χ0n) is 14.5. The molecule has 0 aliphatic carbocycles. The molecule has 2 N–H and O–H groups in total. The predicted octanol–water partition coefficient (Wildman–Crippen LogP) is 2.61. The third kappa shape index (κ3) is 4.27. The van der Waals surface area contributed by atoms with Crippen molar-refractivity contribution in [2.75, 3.05) is 11.9 Å². The summed E-state index contributed by atoms with van der Waals surface area (Å²) in [6.45, 7) is 1.52. The average Bonchev–Trinajstić information content (AvgIpc) is 2.66. The second kappa shape index (κ2) is 7.82. The lowest BCUT2D eigenvalue weighted by molar-refractivity contribution is -0.124. The Balaban J connectivity index is 1.54. The molecule has 2 amide bonds. The summed E-state index contributed by atoms with van der Waals surface area (Å²) >= 11 is 0. The number of amides is 2. The van der Waals surface area contributed by atoms with Crippen molar-refractivity contribution < 1.29 is 19.1 Å². The van der Waals surface area contributed by atoms with E-state index in [1.165, 1.54) is 0 Å². The van der Waals surface area contributed by atoms with Crippen LogP contribution >= 0.6 is 0 Å². The molecule has 6 nitrogen and oxygen atoms in total. The summed E-state index contributed by atoms with van der Waals surface area (Å²) in [6, 6.07) is 14.3. The fraction of sp³-hybridized carbons (Fsp3) is 0.250. The van der Waals surface area contributed by atoms with Crippen molar-refractivity contribution in [2.45, 2.75) is 25.8 Å². The molecule has 1 aliphatic heterocycles. The van der Waals surface area contributed by atoms with Crippen molar-refractivity contribution in [2.24, 2.45) is 0 Å². The Hall–Kier alpha value is -3.15. The molecule has 2 aromatic carbocycles. The molecule has 1 heterocycles. The standard InChI is InChI=1S/C20H20N2O4/c1-13(14-5-3-2-4-6-14)21-19(24)12-26-20(25)16-7-9-17-15(11-16)8-10-18(23)22-17/h2-7,9,11,13H,8,10,12H2,1H3,(H,21,24)(H,22,23). The predicted molar refractivity (Wildman–Crippen MR) is 96.7 cm³/mol. The van der Waals surface area contributed by atoms with Crippen molar-refractivity contribution in [1.29, 1.82) is 0 Å². The maximum atomic E-state index is 12.2. The second-order valence-corrected chi connectivity index (χ2v) is 6.20. The smallest absolute Gasteiger partial charge is 0.338 e. The number of carbonyl (C=O) groups excluding carboxylic acids is 3. The summed E-state index contributed by atoms with van der Waals surface area (Å²) in [5, 5.41) is 5.55. The third-order valence-corrected chi connectivity index (χ3v) is 4.25. The lowest BCUT2D eigenvalue weighted by atomic mass is 10.0. The number of benzene rings is 2. The highest BCUT2D eigenvalue weighted by atomic mass is 16.5. The van der Waals surface area contributed by atoms with Crippen LogP contribution in [0.25, 0.3) is 0 Å². The van der Waals surface area contributed by atoms with Gasteiger partial charge < -0.3 is 15.4 Å². The number of ether oxygens (including phenoxy) is 1. The lowest BCUT2D eigenvalue weighted by Crippen LogP contribution is -2.31. The van der Waals surface area contributed by atoms with E-state index in [-0.39, 0.29) is 24.5 Å². The first-order chi connectivity index (χ1) is 12.5. The highest BCUT2D eigenvalue weighted by Gasteiger charge is 2.18. The van der Waals surface area contributed by atoms with E-state index in [1.807, 2.05) is 37.3 Å². The van der Waals surface area contributed by atoms with Gasteiger partial charge in [-0.1, -0.05) is 30.3 Å². The van der Waals surface area contributed by atoms with Gasteiger partial charge in [-0.25, -0.2) is 4.79 Å². The minimum absolute atomic E-state index is 0.0305. The molecule has 26 heavy (non-hydrogen) atoms. The number of carbonyl (C=O) groups is 3. The van der Waals surface area contributed by atoms with Crippen LogP contribution in [0.5, 0.6) is 0 Å². The molecule has 1 unspecified atom stereocenters. The van der Waals surface area contributed by atoms with Gasteiger partial charge in [0.05, 0.1) is 11.6 Å². The van der Waals surface area contributed by atoms with E-state index in [4.69, 9.17) is 4.74 Å². The minimum atomic E-state index is -0.563. The molecule has 0 saturated carbocycles. The van der Waals surface area contributed by atoms with Gasteiger partial charge in [-0.15, -0.1) is 0 Å². The van der Waals surface area contributed by atoms with Gasteiger partial charge in [0.25, 0.3) is 5.91 Å². The Morgan fingerprint density at radius 1 is 1.15 bits per heavy atom. The van der Waals surface area contributed by atoms with Gasteiger partial charge in [0, 0.05) is 12.1 Å². The van der Waals surface area contributed by atoms with Crippen LogP contribution in [0.15, 0.2) is 48.5 Å². The summed E-state index contributed by atoms with van der Waals surface area (Å²) in [4.78, 5) is 35.5. The molecule has 6 heteroatoms. The van der Waals surface area contributed by atoms with E-state index in [0.29, 0.717) is 24.1 Å². The van der Waals surface area contributed by atoms with Crippen LogP contribution < -0.4 is 10.6 Å². The highest BCUT2D eigenvalue weighted by molar-refractivity contribution is 5.96. The Morgan fingerprint density at radius 3 is 2.69 bits per heavy atom. The van der Waals surface area contributed by atoms with Gasteiger partial charge in [-0.05, 0) is 42.7 Å². The van der Waals surface area contributed by atoms with Crippen molar-refractivity contribution in [1.82, 2.24) is 5.32 Å². The number of esters is 1. The van der Waals surface area contributed by atoms with Crippen LogP contribution in [0.1, 0.15) is 40.9 Å². The van der Waals surface area contributed by atoms with E-state index < -0.39 is 5.97 Å². The molecule has 0 aromatic heterocycles. The molecule has 0 radical (unpaired) electrons. The first-order valence-corrected chi connectivity index (χ1v) is 8.47. The Kier molecular flexibility index (Phi) is 5.31. The maximum absolute atomic E-state index is 12.2. The lowest BCUT2D eigenvalue weighted by Gasteiger charge is -2.17. The second-order valence-electron chi connectivity index (χ2n) is 6.20. The van der Waals surface area contributed by atoms with Crippen LogP contribution in [0.3, 0.4) is 0 Å². The normalized spacial score (nSPS) is 14.0. The Bertz CT molecular complexity index is 833. The molecule has 1 atom stereocenters. The minimum Gasteiger partial charge on any atom is -0.452 e. The van der Waals surface area contributed by atoms with E-state index in [1.54, 1.807) is 18.2 Å². The topological polar surface area (TPSA) is 84.5 Å². The van der Waals surface area contributed by atoms with Crippen LogP contribution in [-0.4, -0.2) is 24.4 Å². The number of hydrogen-bond acceptors (Lipinski definition) is 4. The van der Waals surface area contributed by atoms with E-state index >= 15 is 0 Å². The van der Waals surface area contributed by atoms with Crippen molar-refractivity contribution >= 4 is 23.5 Å². The zero-order valence-corrected chi connectivity index (χ0v) is 14.5. The molecule has 2 aromatic rings. The molecule has 0 saturated heterocycles. The number of fused-ring (bicyclic) bond motifs is 1. The van der Waals surface area contributed by atoms with E-state index in [9.17, 15) is 14.4 Å². The third-order valence-electron chi connectivity index (χ3n) is 4.25. The van der Waals surface area contributed by atoms with Gasteiger partial charge in [0.2, 0.25) is 5.91 Å². The number of nitrogens with one attached hydrogen (secondary N) is 2. The molecular weight excluding hydrogens is 332 g/mol. The molecular formula is C20H20N2O4. The number of anilines is 1. The molecule has 134 valence electrons. The number of aryl methyl sites for hydroxylation is 1. The van der Waals surface area contributed by atoms with E-state index in [0.717, 1.165) is 11.1 Å². The number of rotatable bonds is 5. The number of hydrogen-bond donors (Lipinski definition) is 2. The van der Waals surface area contributed by atoms with Crippen LogP contribution in [-0.2, 0) is 20.7 Å². The van der Waals surface area contributed by atoms with Crippen molar-refractivity contribution in [3.8, 4) is 0 Å². The fourth-order valence-corrected chi connectivity index (χ4v) is 2.83. The van der Waals surface area contributed by atoms with E-state index in [2.05, 4.69) is 10.6 Å². The SMILES string of the molecule is CC(NC(=O)COC(=O)c1ccc2c(c1)CCC(=O)N2)c1ccccc1. The Morgan fingerprint density at radius 2 is 1.92 bits per heavy atom. The Labute approximate surface area is 151 Å². The van der Waals surface area contributed by atoms with Gasteiger partial charge in [0.1, 0.15) is 0 Å². The summed E-state index contributed by atoms with van der Waals surface area (Å²) in [5.41, 5.74) is 2.95. The van der Waals surface area contributed by atoms with Crippen LogP contribution in [0, 0.1) is 0 Å². The van der Waals surface area contributed by atoms with Crippen LogP contribution in [0.2, 0.25) is 0 Å². The summed E-state index contributed by atoms with van der Waals surface area (Å²) in [5.74, 6) is -0.954. The first-order valence-electron chi connectivity index (χ1n) is 8.47. The largest absolute Gasteiger partial charge is 0.452 e. The molecule has 0 bridgehead atoms. The monoisotopic (exact) mass is 352 g/mol. The zero-order chi connectivity index (χ0) is 18.5. The molecule has 0 fully saturated rings. The van der Waals surface area contributed by atoms with Gasteiger partial charge in [-0.2, -0.15) is 0 Å². The van der Waals surface area contributed by atoms with Crippen molar-refractivity contribution in [3.05, 3.63) is 65.2 Å². The summed E-state index contributed by atoms with van der Waals surface area (Å²) < 4.78 is 5.10. The quantitative estimate of drug-likeness (QED) is 0.810. The van der Waals surface area contributed by atoms with Gasteiger partial charge in [0.15, 0.2) is 6.61 Å². The highest BCUT2D eigenvalue weighted by Crippen LogP contribution is 2.23.